The Kier molecular flexibility index (Phi) is 42.7. The number of rotatable bonds is 48. The number of carbonyl (C=O) groups is 1. The number of allylic oxidation sites excluding steroid dienone is 5. The van der Waals surface area contributed by atoms with Crippen LogP contribution >= 0.6 is 7.82 Å². The van der Waals surface area contributed by atoms with Crippen LogP contribution in [0.3, 0.4) is 0 Å². The molecular formula is C56H106NO12P. The zero-order valence-electron chi connectivity index (χ0n) is 44.2. The first kappa shape index (κ1) is 66.5. The van der Waals surface area contributed by atoms with Gasteiger partial charge in [-0.1, -0.05) is 237 Å². The standard InChI is InChI=1S/C56H106NO12P/c1-3-5-7-9-11-13-15-17-19-21-23-25-27-29-31-33-35-37-39-41-43-47(58)45-50(60)57-48(46-68-70(66,67)69-56-54(64)52(62)51(61)53(63)55(56)65)49(59)44-42-40-38-36-34-32-30-28-26-24-22-20-18-16-14-12-10-8-6-4-2/h26,28,34,36,42,44,47-49,51-56,58-59,61-65H,3-25,27,29-33,35,37-41,43,45-46H2,1-2H3,(H,57,60)(H,66,67)/b28-26+,36-34+,44-42+. The molecule has 1 aliphatic rings. The molecule has 0 aromatic heterocycles. The Morgan fingerprint density at radius 3 is 1.26 bits per heavy atom. The monoisotopic (exact) mass is 1020 g/mol. The summed E-state index contributed by atoms with van der Waals surface area (Å²) in [4.78, 5) is 23.6. The van der Waals surface area contributed by atoms with Crippen LogP contribution in [0.25, 0.3) is 0 Å². The van der Waals surface area contributed by atoms with E-state index in [1.807, 2.05) is 0 Å². The number of hydrogen-bond donors (Lipinski definition) is 9. The zero-order chi connectivity index (χ0) is 51.5. The SMILES string of the molecule is CCCCCCCCCCCC/C=C/CC/C=C/CC/C=C/C(O)C(COP(=O)(O)OC1C(O)C(O)C(O)C(O)C1O)NC(=O)CC(O)CCCCCCCCCCCCCCCCCCCCCC. The predicted molar refractivity (Wildman–Crippen MR) is 284 cm³/mol. The van der Waals surface area contributed by atoms with Gasteiger partial charge in [0.2, 0.25) is 5.91 Å². The number of carbonyl (C=O) groups excluding carboxylic acids is 1. The highest BCUT2D eigenvalue weighted by Gasteiger charge is 2.51. The summed E-state index contributed by atoms with van der Waals surface area (Å²) < 4.78 is 23.0. The molecule has 0 radical (unpaired) electrons. The lowest BCUT2D eigenvalue weighted by molar-refractivity contribution is -0.220. The Labute approximate surface area is 426 Å². The molecule has 0 aromatic carbocycles. The molecule has 1 aliphatic carbocycles. The molecule has 70 heavy (non-hydrogen) atoms. The molecular weight excluding hydrogens is 910 g/mol. The third-order valence-corrected chi connectivity index (χ3v) is 14.7. The van der Waals surface area contributed by atoms with Crippen molar-refractivity contribution in [1.29, 1.82) is 0 Å². The summed E-state index contributed by atoms with van der Waals surface area (Å²) in [7, 11) is -5.16. The van der Waals surface area contributed by atoms with Crippen molar-refractivity contribution in [2.45, 2.75) is 306 Å². The van der Waals surface area contributed by atoms with Crippen LogP contribution in [0, 0.1) is 0 Å². The lowest BCUT2D eigenvalue weighted by Crippen LogP contribution is -2.64. The van der Waals surface area contributed by atoms with Gasteiger partial charge in [0.15, 0.2) is 0 Å². The van der Waals surface area contributed by atoms with Gasteiger partial charge in [-0.15, -0.1) is 0 Å². The smallest absolute Gasteiger partial charge is 0.393 e. The Bertz CT molecular complexity index is 1340. The average molecular weight is 1020 g/mol. The quantitative estimate of drug-likeness (QED) is 0.0158. The van der Waals surface area contributed by atoms with E-state index in [-0.39, 0.29) is 6.42 Å². The van der Waals surface area contributed by atoms with E-state index in [1.54, 1.807) is 6.08 Å². The van der Waals surface area contributed by atoms with Gasteiger partial charge in [-0.05, 0) is 44.9 Å². The maximum Gasteiger partial charge on any atom is 0.472 e. The van der Waals surface area contributed by atoms with Gasteiger partial charge in [0, 0.05) is 0 Å². The van der Waals surface area contributed by atoms with Crippen LogP contribution in [0.4, 0.5) is 0 Å². The third kappa shape index (κ3) is 35.6. The van der Waals surface area contributed by atoms with Crippen LogP contribution in [0.15, 0.2) is 36.5 Å². The third-order valence-electron chi connectivity index (χ3n) is 13.7. The minimum atomic E-state index is -5.16. The van der Waals surface area contributed by atoms with Gasteiger partial charge in [-0.3, -0.25) is 13.8 Å². The summed E-state index contributed by atoms with van der Waals surface area (Å²) in [6, 6.07) is -1.26. The molecule has 1 amide bonds. The van der Waals surface area contributed by atoms with Crippen molar-refractivity contribution in [2.75, 3.05) is 6.61 Å². The number of unbranched alkanes of at least 4 members (excludes halogenated alkanes) is 31. The Morgan fingerprint density at radius 2 is 0.843 bits per heavy atom. The fourth-order valence-electron chi connectivity index (χ4n) is 9.10. The van der Waals surface area contributed by atoms with Crippen LogP contribution in [0.5, 0.6) is 0 Å². The maximum atomic E-state index is 13.1. The molecule has 0 bridgehead atoms. The van der Waals surface area contributed by atoms with Crippen LogP contribution in [-0.2, 0) is 18.4 Å². The van der Waals surface area contributed by atoms with Crippen molar-refractivity contribution in [1.82, 2.24) is 5.32 Å². The van der Waals surface area contributed by atoms with E-state index in [9.17, 15) is 50.0 Å². The van der Waals surface area contributed by atoms with E-state index in [0.29, 0.717) is 19.3 Å². The number of phosphoric ester groups is 1. The lowest BCUT2D eigenvalue weighted by atomic mass is 9.85. The Morgan fingerprint density at radius 1 is 0.500 bits per heavy atom. The summed E-state index contributed by atoms with van der Waals surface area (Å²) in [5.74, 6) is -0.603. The predicted octanol–water partition coefficient (Wildman–Crippen LogP) is 11.7. The zero-order valence-corrected chi connectivity index (χ0v) is 45.1. The van der Waals surface area contributed by atoms with Crippen molar-refractivity contribution < 1.29 is 59.0 Å². The summed E-state index contributed by atoms with van der Waals surface area (Å²) in [5, 5.41) is 74.8. The van der Waals surface area contributed by atoms with E-state index < -0.39 is 75.2 Å². The second-order valence-corrected chi connectivity index (χ2v) is 21.7. The number of nitrogens with one attached hydrogen (secondary N) is 1. The van der Waals surface area contributed by atoms with E-state index in [2.05, 4.69) is 43.5 Å². The molecule has 14 heteroatoms. The molecule has 0 heterocycles. The molecule has 0 aliphatic heterocycles. The second kappa shape index (κ2) is 45.0. The lowest BCUT2D eigenvalue weighted by Gasteiger charge is -2.41. The molecule has 13 nitrogen and oxygen atoms in total. The summed E-state index contributed by atoms with van der Waals surface area (Å²) in [6.07, 6.45) is 40.9. The second-order valence-electron chi connectivity index (χ2n) is 20.3. The van der Waals surface area contributed by atoms with Crippen molar-refractivity contribution in [3.63, 3.8) is 0 Å². The molecule has 0 saturated heterocycles. The van der Waals surface area contributed by atoms with Gasteiger partial charge in [0.1, 0.15) is 36.6 Å². The van der Waals surface area contributed by atoms with E-state index in [0.717, 1.165) is 44.9 Å². The highest BCUT2D eigenvalue weighted by Crippen LogP contribution is 2.47. The first-order valence-corrected chi connectivity index (χ1v) is 30.0. The van der Waals surface area contributed by atoms with Gasteiger partial charge >= 0.3 is 7.82 Å². The highest BCUT2D eigenvalue weighted by atomic mass is 31.2. The average Bonchev–Trinajstić information content (AvgIpc) is 3.34. The van der Waals surface area contributed by atoms with Gasteiger partial charge < -0.3 is 46.0 Å². The maximum absolute atomic E-state index is 13.1. The van der Waals surface area contributed by atoms with Gasteiger partial charge in [-0.25, -0.2) is 4.57 Å². The summed E-state index contributed by atoms with van der Waals surface area (Å²) >= 11 is 0. The fourth-order valence-corrected chi connectivity index (χ4v) is 10.1. The van der Waals surface area contributed by atoms with Crippen LogP contribution < -0.4 is 5.32 Å². The van der Waals surface area contributed by atoms with E-state index in [1.165, 1.54) is 173 Å². The van der Waals surface area contributed by atoms with E-state index in [4.69, 9.17) is 9.05 Å². The Hall–Kier alpha value is -1.48. The Balaban J connectivity index is 2.45. The number of amides is 1. The molecule has 9 N–H and O–H groups in total. The van der Waals surface area contributed by atoms with Crippen molar-refractivity contribution in [3.8, 4) is 0 Å². The van der Waals surface area contributed by atoms with Crippen molar-refractivity contribution in [2.24, 2.45) is 0 Å². The summed E-state index contributed by atoms with van der Waals surface area (Å²) in [6.45, 7) is 3.77. The fraction of sp³-hybridized carbons (Fsp3) is 0.875. The topological polar surface area (TPSA) is 226 Å². The molecule has 1 rings (SSSR count). The van der Waals surface area contributed by atoms with Crippen molar-refractivity contribution >= 4 is 13.7 Å². The van der Waals surface area contributed by atoms with Crippen LogP contribution in [0.2, 0.25) is 0 Å². The normalized spacial score (nSPS) is 22.0. The molecule has 0 spiro atoms. The minimum Gasteiger partial charge on any atom is -0.393 e. The van der Waals surface area contributed by atoms with Gasteiger partial charge in [0.05, 0.1) is 31.3 Å². The molecule has 8 atom stereocenters. The first-order valence-electron chi connectivity index (χ1n) is 28.5. The van der Waals surface area contributed by atoms with Gasteiger partial charge in [-0.2, -0.15) is 0 Å². The first-order chi connectivity index (χ1) is 33.8. The summed E-state index contributed by atoms with van der Waals surface area (Å²) in [5.41, 5.74) is 0. The highest BCUT2D eigenvalue weighted by molar-refractivity contribution is 7.47. The molecule has 0 aromatic rings. The largest absolute Gasteiger partial charge is 0.472 e. The van der Waals surface area contributed by atoms with Crippen LogP contribution in [-0.4, -0.2) is 108 Å². The van der Waals surface area contributed by atoms with Crippen molar-refractivity contribution in [3.05, 3.63) is 36.5 Å². The number of aliphatic hydroxyl groups is 7. The van der Waals surface area contributed by atoms with Gasteiger partial charge in [0.25, 0.3) is 0 Å². The molecule has 8 unspecified atom stereocenters. The van der Waals surface area contributed by atoms with E-state index >= 15 is 0 Å². The number of phosphoric acid groups is 1. The molecule has 412 valence electrons. The minimum absolute atomic E-state index is 0.253. The van der Waals surface area contributed by atoms with Crippen LogP contribution in [0.1, 0.15) is 251 Å². The number of hydrogen-bond acceptors (Lipinski definition) is 11. The number of aliphatic hydroxyl groups excluding tert-OH is 7. The molecule has 1 saturated carbocycles. The molecule has 1 fully saturated rings.